The molecule has 1 aromatic carbocycles. The van der Waals surface area contributed by atoms with Gasteiger partial charge in [-0.3, -0.25) is 5.32 Å². The molecular formula is C12H10BrN5. The van der Waals surface area contributed by atoms with Crippen LogP contribution >= 0.6 is 15.9 Å². The Kier molecular flexibility index (Phi) is 3.75. The van der Waals surface area contributed by atoms with E-state index in [0.29, 0.717) is 11.6 Å². The monoisotopic (exact) mass is 303 g/mol. The van der Waals surface area contributed by atoms with E-state index in [0.717, 1.165) is 10.2 Å². The summed E-state index contributed by atoms with van der Waals surface area (Å²) in [5.74, 6) is 1.07. The number of hydrogen-bond acceptors (Lipinski definition) is 5. The van der Waals surface area contributed by atoms with E-state index in [1.165, 1.54) is 11.9 Å². The van der Waals surface area contributed by atoms with Crippen LogP contribution in [0.25, 0.3) is 0 Å². The summed E-state index contributed by atoms with van der Waals surface area (Å²) in [6, 6.07) is 7.63. The fourth-order valence-electron chi connectivity index (χ4n) is 1.41. The minimum absolute atomic E-state index is 0.457. The quantitative estimate of drug-likeness (QED) is 0.673. The zero-order valence-electron chi connectivity index (χ0n) is 9.61. The van der Waals surface area contributed by atoms with Crippen molar-refractivity contribution in [2.24, 2.45) is 0 Å². The van der Waals surface area contributed by atoms with Crippen molar-refractivity contribution in [3.8, 4) is 6.19 Å². The molecule has 0 aliphatic carbocycles. The second kappa shape index (κ2) is 5.47. The Morgan fingerprint density at radius 2 is 2.00 bits per heavy atom. The Bertz CT molecular complexity index is 606. The molecule has 0 spiro atoms. The van der Waals surface area contributed by atoms with Gasteiger partial charge in [0.1, 0.15) is 18.0 Å². The lowest BCUT2D eigenvalue weighted by Crippen LogP contribution is -1.98. The van der Waals surface area contributed by atoms with Crippen LogP contribution in [0.3, 0.4) is 0 Å². The zero-order chi connectivity index (χ0) is 13.0. The molecule has 2 aromatic rings. The number of halogens is 1. The predicted molar refractivity (Wildman–Crippen MR) is 73.4 cm³/mol. The van der Waals surface area contributed by atoms with Gasteiger partial charge in [0.2, 0.25) is 0 Å². The van der Waals surface area contributed by atoms with Crippen LogP contribution in [-0.4, -0.2) is 9.97 Å². The summed E-state index contributed by atoms with van der Waals surface area (Å²) in [6.07, 6.45) is 3.21. The van der Waals surface area contributed by atoms with E-state index in [1.54, 1.807) is 6.07 Å². The van der Waals surface area contributed by atoms with Gasteiger partial charge in [-0.2, -0.15) is 5.26 Å². The van der Waals surface area contributed by atoms with Gasteiger partial charge < -0.3 is 5.32 Å². The summed E-state index contributed by atoms with van der Waals surface area (Å²) in [4.78, 5) is 8.00. The highest BCUT2D eigenvalue weighted by molar-refractivity contribution is 9.10. The molecule has 6 heteroatoms. The average molecular weight is 304 g/mol. The van der Waals surface area contributed by atoms with Crippen LogP contribution < -0.4 is 10.6 Å². The second-order valence-electron chi connectivity index (χ2n) is 3.63. The van der Waals surface area contributed by atoms with E-state index in [9.17, 15) is 0 Å². The Hall–Kier alpha value is -2.13. The van der Waals surface area contributed by atoms with Gasteiger partial charge in [0.15, 0.2) is 6.19 Å². The number of hydrogen-bond donors (Lipinski definition) is 2. The molecule has 0 aliphatic heterocycles. The number of benzene rings is 1. The van der Waals surface area contributed by atoms with E-state index < -0.39 is 0 Å². The molecule has 0 saturated carbocycles. The summed E-state index contributed by atoms with van der Waals surface area (Å²) in [5.41, 5.74) is 2.07. The van der Waals surface area contributed by atoms with E-state index in [2.05, 4.69) is 36.5 Å². The van der Waals surface area contributed by atoms with Gasteiger partial charge in [-0.15, -0.1) is 0 Å². The number of nitrogens with one attached hydrogen (secondary N) is 2. The number of rotatable bonds is 3. The lowest BCUT2D eigenvalue weighted by atomic mass is 10.2. The Morgan fingerprint density at radius 1 is 1.22 bits per heavy atom. The first-order valence-electron chi connectivity index (χ1n) is 5.19. The second-order valence-corrected chi connectivity index (χ2v) is 4.49. The zero-order valence-corrected chi connectivity index (χ0v) is 11.2. The molecule has 5 nitrogen and oxygen atoms in total. The molecule has 0 radical (unpaired) electrons. The fraction of sp³-hybridized carbons (Fsp3) is 0.0833. The van der Waals surface area contributed by atoms with Gasteiger partial charge in [-0.05, 0) is 40.5 Å². The van der Waals surface area contributed by atoms with Crippen molar-refractivity contribution in [1.82, 2.24) is 9.97 Å². The van der Waals surface area contributed by atoms with Gasteiger partial charge in [0.05, 0.1) is 5.69 Å². The van der Waals surface area contributed by atoms with Crippen molar-refractivity contribution in [3.63, 3.8) is 0 Å². The highest BCUT2D eigenvalue weighted by Gasteiger charge is 2.02. The molecule has 0 atom stereocenters. The Morgan fingerprint density at radius 3 is 2.72 bits per heavy atom. The molecule has 90 valence electrons. The molecule has 0 fully saturated rings. The maximum absolute atomic E-state index is 8.53. The number of nitriles is 1. The third-order valence-electron chi connectivity index (χ3n) is 2.24. The molecule has 0 aliphatic rings. The number of aromatic nitrogens is 2. The highest BCUT2D eigenvalue weighted by atomic mass is 79.9. The molecular weight excluding hydrogens is 294 g/mol. The van der Waals surface area contributed by atoms with Crippen LogP contribution in [0, 0.1) is 18.4 Å². The average Bonchev–Trinajstić information content (AvgIpc) is 2.34. The van der Waals surface area contributed by atoms with E-state index in [-0.39, 0.29) is 0 Å². The summed E-state index contributed by atoms with van der Waals surface area (Å²) in [5, 5.41) is 14.1. The summed E-state index contributed by atoms with van der Waals surface area (Å²) < 4.78 is 0.955. The minimum Gasteiger partial charge on any atom is -0.339 e. The number of nitrogens with zero attached hydrogens (tertiary/aromatic N) is 3. The highest BCUT2D eigenvalue weighted by Crippen LogP contribution is 2.26. The van der Waals surface area contributed by atoms with Crippen LogP contribution in [0.1, 0.15) is 5.56 Å². The van der Waals surface area contributed by atoms with Crippen LogP contribution in [0.15, 0.2) is 35.1 Å². The summed E-state index contributed by atoms with van der Waals surface area (Å²) in [7, 11) is 0. The largest absolute Gasteiger partial charge is 0.339 e. The normalized spacial score (nSPS) is 9.61. The summed E-state index contributed by atoms with van der Waals surface area (Å²) in [6.45, 7) is 2.02. The molecule has 0 bridgehead atoms. The first-order valence-corrected chi connectivity index (χ1v) is 5.98. The predicted octanol–water partition coefficient (Wildman–Crippen LogP) is 3.18. The van der Waals surface area contributed by atoms with Gasteiger partial charge in [0.25, 0.3) is 0 Å². The minimum atomic E-state index is 0.457. The first-order chi connectivity index (χ1) is 8.69. The standard InChI is InChI=1S/C12H10BrN5/c1-8-2-3-10(9(13)4-8)18-12-5-11(15-6-14)16-7-17-12/h2-5,7H,1H3,(H2,15,16,17,18). The molecule has 1 heterocycles. The first kappa shape index (κ1) is 12.3. The van der Waals surface area contributed by atoms with Crippen LogP contribution in [-0.2, 0) is 0 Å². The molecule has 2 rings (SSSR count). The van der Waals surface area contributed by atoms with Crippen molar-refractivity contribution in [2.75, 3.05) is 10.6 Å². The van der Waals surface area contributed by atoms with E-state index in [4.69, 9.17) is 5.26 Å². The SMILES string of the molecule is Cc1ccc(Nc2cc(NC#N)ncn2)c(Br)c1. The maximum atomic E-state index is 8.53. The molecule has 1 aromatic heterocycles. The molecule has 2 N–H and O–H groups in total. The van der Waals surface area contributed by atoms with Gasteiger partial charge in [0, 0.05) is 10.5 Å². The Balaban J connectivity index is 2.23. The maximum Gasteiger partial charge on any atom is 0.182 e. The lowest BCUT2D eigenvalue weighted by molar-refractivity contribution is 1.16. The van der Waals surface area contributed by atoms with Crippen LogP contribution in [0.2, 0.25) is 0 Å². The van der Waals surface area contributed by atoms with E-state index >= 15 is 0 Å². The van der Waals surface area contributed by atoms with Crippen LogP contribution in [0.4, 0.5) is 17.3 Å². The Labute approximate surface area is 113 Å². The molecule has 0 unspecified atom stereocenters. The molecule has 0 saturated heterocycles. The van der Waals surface area contributed by atoms with Crippen molar-refractivity contribution in [1.29, 1.82) is 5.26 Å². The third kappa shape index (κ3) is 2.96. The summed E-state index contributed by atoms with van der Waals surface area (Å²) >= 11 is 3.48. The number of anilines is 3. The smallest absolute Gasteiger partial charge is 0.182 e. The molecule has 0 amide bonds. The number of aryl methyl sites for hydroxylation is 1. The van der Waals surface area contributed by atoms with Gasteiger partial charge >= 0.3 is 0 Å². The van der Waals surface area contributed by atoms with E-state index in [1.807, 2.05) is 31.3 Å². The lowest BCUT2D eigenvalue weighted by Gasteiger charge is -2.08. The van der Waals surface area contributed by atoms with Crippen molar-refractivity contribution >= 4 is 33.3 Å². The van der Waals surface area contributed by atoms with Gasteiger partial charge in [-0.25, -0.2) is 9.97 Å². The fourth-order valence-corrected chi connectivity index (χ4v) is 2.00. The van der Waals surface area contributed by atoms with Crippen LogP contribution in [0.5, 0.6) is 0 Å². The van der Waals surface area contributed by atoms with Crippen molar-refractivity contribution in [3.05, 3.63) is 40.6 Å². The third-order valence-corrected chi connectivity index (χ3v) is 2.89. The van der Waals surface area contributed by atoms with Gasteiger partial charge in [-0.1, -0.05) is 6.07 Å². The molecule has 18 heavy (non-hydrogen) atoms. The van der Waals surface area contributed by atoms with Crippen molar-refractivity contribution < 1.29 is 0 Å². The van der Waals surface area contributed by atoms with Crippen molar-refractivity contribution in [2.45, 2.75) is 6.92 Å². The topological polar surface area (TPSA) is 73.6 Å².